The molecule has 1 fully saturated rings. The molecule has 112 valence electrons. The number of phenolic OH excluding ortho intramolecular Hbond substituents is 1. The SMILES string of the molecule is C#CC[C@H]1C[C@@H]2O[C@@H]2/C=C\C=C\c2cccc(O)c2C(=O)O1. The minimum absolute atomic E-state index is 0.0269. The van der Waals surface area contributed by atoms with Gasteiger partial charge in [-0.05, 0) is 11.6 Å². The third-order valence-corrected chi connectivity index (χ3v) is 3.70. The number of carbonyl (C=O) groups is 1. The summed E-state index contributed by atoms with van der Waals surface area (Å²) >= 11 is 0. The number of hydrogen-bond acceptors (Lipinski definition) is 4. The van der Waals surface area contributed by atoms with E-state index < -0.39 is 12.1 Å². The Hall–Kier alpha value is -2.51. The maximum absolute atomic E-state index is 12.4. The number of phenols is 1. The maximum Gasteiger partial charge on any atom is 0.342 e. The molecular formula is C18H16O4. The van der Waals surface area contributed by atoms with Crippen LogP contribution in [0, 0.1) is 12.3 Å². The zero-order chi connectivity index (χ0) is 15.5. The summed E-state index contributed by atoms with van der Waals surface area (Å²) in [5, 5.41) is 9.99. The lowest BCUT2D eigenvalue weighted by atomic mass is 10.0. The van der Waals surface area contributed by atoms with Crippen LogP contribution in [0.2, 0.25) is 0 Å². The van der Waals surface area contributed by atoms with Crippen LogP contribution >= 0.6 is 0 Å². The lowest BCUT2D eigenvalue weighted by Gasteiger charge is -2.16. The predicted molar refractivity (Wildman–Crippen MR) is 82.2 cm³/mol. The van der Waals surface area contributed by atoms with Crippen LogP contribution in [0.5, 0.6) is 5.75 Å². The average Bonchev–Trinajstić information content (AvgIpc) is 3.20. The van der Waals surface area contributed by atoms with Gasteiger partial charge in [-0.25, -0.2) is 4.79 Å². The molecule has 1 N–H and O–H groups in total. The Morgan fingerprint density at radius 2 is 2.23 bits per heavy atom. The van der Waals surface area contributed by atoms with Crippen LogP contribution in [-0.4, -0.2) is 29.4 Å². The van der Waals surface area contributed by atoms with Crippen LogP contribution < -0.4 is 0 Å². The van der Waals surface area contributed by atoms with Crippen LogP contribution in [0.3, 0.4) is 0 Å². The van der Waals surface area contributed by atoms with Crippen LogP contribution in [0.4, 0.5) is 0 Å². The van der Waals surface area contributed by atoms with E-state index in [1.165, 1.54) is 6.07 Å². The fourth-order valence-corrected chi connectivity index (χ4v) is 2.54. The summed E-state index contributed by atoms with van der Waals surface area (Å²) < 4.78 is 11.0. The minimum Gasteiger partial charge on any atom is -0.507 e. The van der Waals surface area contributed by atoms with Crippen molar-refractivity contribution in [2.75, 3.05) is 0 Å². The molecule has 22 heavy (non-hydrogen) atoms. The van der Waals surface area contributed by atoms with Gasteiger partial charge in [0, 0.05) is 12.8 Å². The Morgan fingerprint density at radius 3 is 3.05 bits per heavy atom. The monoisotopic (exact) mass is 296 g/mol. The molecular weight excluding hydrogens is 280 g/mol. The highest BCUT2D eigenvalue weighted by Crippen LogP contribution is 2.31. The molecule has 0 aromatic heterocycles. The summed E-state index contributed by atoms with van der Waals surface area (Å²) in [6.45, 7) is 0. The Bertz CT molecular complexity index is 681. The minimum atomic E-state index is -0.570. The van der Waals surface area contributed by atoms with Crippen molar-refractivity contribution in [2.45, 2.75) is 31.2 Å². The zero-order valence-corrected chi connectivity index (χ0v) is 11.9. The first-order valence-electron chi connectivity index (χ1n) is 7.16. The Morgan fingerprint density at radius 1 is 1.36 bits per heavy atom. The topological polar surface area (TPSA) is 59.1 Å². The molecule has 2 heterocycles. The van der Waals surface area contributed by atoms with Gasteiger partial charge in [-0.3, -0.25) is 0 Å². The molecule has 0 bridgehead atoms. The number of terminal acetylenes is 1. The van der Waals surface area contributed by atoms with Crippen molar-refractivity contribution >= 4 is 12.0 Å². The van der Waals surface area contributed by atoms with E-state index in [0.29, 0.717) is 18.4 Å². The molecule has 0 saturated carbocycles. The Kier molecular flexibility index (Phi) is 3.99. The first kappa shape index (κ1) is 14.4. The molecule has 1 aromatic rings. The van der Waals surface area contributed by atoms with Gasteiger partial charge in [0.05, 0.1) is 6.10 Å². The molecule has 2 aliphatic rings. The van der Waals surface area contributed by atoms with Crippen molar-refractivity contribution in [3.63, 3.8) is 0 Å². The normalized spacial score (nSPS) is 29.6. The third kappa shape index (κ3) is 3.05. The molecule has 4 nitrogen and oxygen atoms in total. The summed E-state index contributed by atoms with van der Waals surface area (Å²) in [6, 6.07) is 4.89. The van der Waals surface area contributed by atoms with E-state index in [2.05, 4.69) is 5.92 Å². The van der Waals surface area contributed by atoms with Crippen molar-refractivity contribution in [3.05, 3.63) is 47.6 Å². The third-order valence-electron chi connectivity index (χ3n) is 3.70. The number of benzene rings is 1. The fraction of sp³-hybridized carbons (Fsp3) is 0.278. The second kappa shape index (κ2) is 6.08. The molecule has 0 radical (unpaired) electrons. The van der Waals surface area contributed by atoms with Crippen molar-refractivity contribution in [2.24, 2.45) is 0 Å². The number of cyclic esters (lactones) is 1. The molecule has 1 aromatic carbocycles. The average molecular weight is 296 g/mol. The van der Waals surface area contributed by atoms with Crippen LogP contribution in [-0.2, 0) is 9.47 Å². The van der Waals surface area contributed by atoms with Crippen molar-refractivity contribution in [1.82, 2.24) is 0 Å². The highest BCUT2D eigenvalue weighted by molar-refractivity contribution is 5.96. The quantitative estimate of drug-likeness (QED) is 0.492. The zero-order valence-electron chi connectivity index (χ0n) is 11.9. The van der Waals surface area contributed by atoms with Crippen LogP contribution in [0.15, 0.2) is 36.4 Å². The van der Waals surface area contributed by atoms with Gasteiger partial charge < -0.3 is 14.6 Å². The van der Waals surface area contributed by atoms with Gasteiger partial charge in [0.2, 0.25) is 0 Å². The lowest BCUT2D eigenvalue weighted by molar-refractivity contribution is 0.0274. The van der Waals surface area contributed by atoms with E-state index in [1.54, 1.807) is 18.2 Å². The highest BCUT2D eigenvalue weighted by Gasteiger charge is 2.39. The van der Waals surface area contributed by atoms with E-state index in [9.17, 15) is 9.90 Å². The first-order valence-corrected chi connectivity index (χ1v) is 7.16. The largest absolute Gasteiger partial charge is 0.507 e. The smallest absolute Gasteiger partial charge is 0.342 e. The van der Waals surface area contributed by atoms with E-state index >= 15 is 0 Å². The molecule has 3 rings (SSSR count). The fourth-order valence-electron chi connectivity index (χ4n) is 2.54. The number of carbonyl (C=O) groups excluding carboxylic acids is 1. The second-order valence-corrected chi connectivity index (χ2v) is 5.30. The van der Waals surface area contributed by atoms with E-state index in [4.69, 9.17) is 15.9 Å². The molecule has 0 amide bonds. The molecule has 2 aliphatic heterocycles. The van der Waals surface area contributed by atoms with Crippen molar-refractivity contribution < 1.29 is 19.4 Å². The second-order valence-electron chi connectivity index (χ2n) is 5.30. The lowest BCUT2D eigenvalue weighted by Crippen LogP contribution is -2.21. The number of aromatic hydroxyl groups is 1. The van der Waals surface area contributed by atoms with Crippen LogP contribution in [0.1, 0.15) is 28.8 Å². The standard InChI is InChI=1S/C18H16O4/c1-2-6-13-11-16-15(22-16)10-4-3-7-12-8-5-9-14(19)17(12)18(20)21-13/h1,3-5,7-10,13,15-16,19H,6,11H2/b7-3+,10-4-/t13-,15+,16-/m0/s1. The number of allylic oxidation sites excluding steroid dienone is 2. The highest BCUT2D eigenvalue weighted by atomic mass is 16.6. The predicted octanol–water partition coefficient (Wildman–Crippen LogP) is 2.68. The van der Waals surface area contributed by atoms with Gasteiger partial charge in [-0.15, -0.1) is 12.3 Å². The summed E-state index contributed by atoms with van der Waals surface area (Å²) in [5.41, 5.74) is 0.756. The Labute approximate surface area is 129 Å². The van der Waals surface area contributed by atoms with E-state index in [-0.39, 0.29) is 23.5 Å². The molecule has 3 atom stereocenters. The summed E-state index contributed by atoms with van der Waals surface area (Å²) in [7, 11) is 0. The molecule has 0 unspecified atom stereocenters. The van der Waals surface area contributed by atoms with Gasteiger partial charge in [-0.2, -0.15) is 0 Å². The molecule has 0 spiro atoms. The number of rotatable bonds is 1. The number of esters is 1. The number of fused-ring (bicyclic) bond motifs is 2. The van der Waals surface area contributed by atoms with E-state index in [1.807, 2.05) is 18.2 Å². The van der Waals surface area contributed by atoms with Crippen LogP contribution in [0.25, 0.3) is 6.08 Å². The van der Waals surface area contributed by atoms with Gasteiger partial charge in [0.15, 0.2) is 0 Å². The van der Waals surface area contributed by atoms with Crippen molar-refractivity contribution in [1.29, 1.82) is 0 Å². The number of hydrogen-bond donors (Lipinski definition) is 1. The summed E-state index contributed by atoms with van der Waals surface area (Å²) in [6.07, 6.45) is 13.3. The molecule has 4 heteroatoms. The number of epoxide rings is 1. The number of ether oxygens (including phenoxy) is 2. The van der Waals surface area contributed by atoms with Gasteiger partial charge in [-0.1, -0.05) is 36.4 Å². The Balaban J connectivity index is 1.96. The summed E-state index contributed by atoms with van der Waals surface area (Å²) in [5.74, 6) is 1.85. The van der Waals surface area contributed by atoms with E-state index in [0.717, 1.165) is 0 Å². The summed E-state index contributed by atoms with van der Waals surface area (Å²) in [4.78, 5) is 12.4. The van der Waals surface area contributed by atoms with Gasteiger partial charge in [0.1, 0.15) is 23.5 Å². The molecule has 1 saturated heterocycles. The molecule has 0 aliphatic carbocycles. The first-order chi connectivity index (χ1) is 10.7. The maximum atomic E-state index is 12.4. The van der Waals surface area contributed by atoms with Crippen molar-refractivity contribution in [3.8, 4) is 18.1 Å². The van der Waals surface area contributed by atoms with Gasteiger partial charge >= 0.3 is 5.97 Å². The van der Waals surface area contributed by atoms with Gasteiger partial charge in [0.25, 0.3) is 0 Å².